The third-order valence-corrected chi connectivity index (χ3v) is 5.84. The molecule has 25 heavy (non-hydrogen) atoms. The van der Waals surface area contributed by atoms with Crippen LogP contribution in [0.4, 0.5) is 13.2 Å². The van der Waals surface area contributed by atoms with Crippen molar-refractivity contribution in [3.8, 4) is 0 Å². The molecule has 0 aliphatic carbocycles. The number of sulfonamides is 1. The van der Waals surface area contributed by atoms with Crippen LogP contribution in [0.3, 0.4) is 0 Å². The van der Waals surface area contributed by atoms with E-state index in [1.54, 1.807) is 24.3 Å². The quantitative estimate of drug-likeness (QED) is 0.742. The van der Waals surface area contributed by atoms with Gasteiger partial charge in [-0.1, -0.05) is 42.5 Å². The smallest absolute Gasteiger partial charge is 0.361 e. The van der Waals surface area contributed by atoms with E-state index in [0.29, 0.717) is 5.52 Å². The van der Waals surface area contributed by atoms with Gasteiger partial charge in [0, 0.05) is 22.7 Å². The third kappa shape index (κ3) is 2.44. The molecule has 1 heterocycles. The fourth-order valence-corrected chi connectivity index (χ4v) is 4.58. The molecule has 3 rings (SSSR count). The number of fused-ring (bicyclic) bond motifs is 1. The second-order valence-electron chi connectivity index (χ2n) is 5.79. The Kier molecular flexibility index (Phi) is 3.92. The minimum Gasteiger partial charge on any atom is -0.361 e. The molecule has 2 aromatic carbocycles. The van der Waals surface area contributed by atoms with E-state index in [1.165, 1.54) is 25.1 Å². The van der Waals surface area contributed by atoms with Crippen LogP contribution in [0.15, 0.2) is 54.7 Å². The molecule has 3 N–H and O–H groups in total. The average molecular weight is 368 g/mol. The predicted octanol–water partition coefficient (Wildman–Crippen LogP) is 3.57. The first-order chi connectivity index (χ1) is 11.6. The van der Waals surface area contributed by atoms with Gasteiger partial charge in [-0.25, -0.2) is 13.6 Å². The van der Waals surface area contributed by atoms with Crippen molar-refractivity contribution in [2.75, 3.05) is 0 Å². The summed E-state index contributed by atoms with van der Waals surface area (Å²) in [5.41, 5.74) is -0.273. The van der Waals surface area contributed by atoms with Crippen molar-refractivity contribution in [2.45, 2.75) is 17.8 Å². The van der Waals surface area contributed by atoms with E-state index in [9.17, 15) is 21.6 Å². The Hall–Kier alpha value is -2.32. The maximum atomic E-state index is 14.4. The molecule has 0 saturated carbocycles. The maximum absolute atomic E-state index is 14.4. The van der Waals surface area contributed by atoms with Gasteiger partial charge in [0.05, 0.1) is 0 Å². The zero-order valence-electron chi connectivity index (χ0n) is 13.1. The molecule has 8 heteroatoms. The van der Waals surface area contributed by atoms with Gasteiger partial charge in [0.15, 0.2) is 0 Å². The minimum absolute atomic E-state index is 0.150. The van der Waals surface area contributed by atoms with Gasteiger partial charge in [-0.3, -0.25) is 0 Å². The topological polar surface area (TPSA) is 76.0 Å². The van der Waals surface area contributed by atoms with E-state index >= 15 is 0 Å². The molecule has 0 aliphatic rings. The molecule has 4 nitrogen and oxygen atoms in total. The van der Waals surface area contributed by atoms with Crippen molar-refractivity contribution in [3.63, 3.8) is 0 Å². The number of hydrogen-bond acceptors (Lipinski definition) is 2. The average Bonchev–Trinajstić information content (AvgIpc) is 2.91. The van der Waals surface area contributed by atoms with Gasteiger partial charge in [-0.2, -0.15) is 13.2 Å². The van der Waals surface area contributed by atoms with Crippen molar-refractivity contribution in [3.05, 3.63) is 71.4 Å². The molecule has 0 fully saturated rings. The van der Waals surface area contributed by atoms with E-state index < -0.39 is 32.1 Å². The van der Waals surface area contributed by atoms with Crippen LogP contribution >= 0.6 is 0 Å². The SMILES string of the molecule is Cc1ccccc1C(c1c[nH]c2ccccc12)(C(F)(F)F)S(N)(=O)=O. The van der Waals surface area contributed by atoms with Gasteiger partial charge in [0.1, 0.15) is 0 Å². The summed E-state index contributed by atoms with van der Waals surface area (Å²) >= 11 is 0. The summed E-state index contributed by atoms with van der Waals surface area (Å²) in [5.74, 6) is 0. The number of primary sulfonamides is 1. The highest BCUT2D eigenvalue weighted by atomic mass is 32.2. The number of benzene rings is 2. The Morgan fingerprint density at radius 2 is 1.56 bits per heavy atom. The zero-order chi connectivity index (χ0) is 18.5. The largest absolute Gasteiger partial charge is 0.417 e. The van der Waals surface area contributed by atoms with Crippen molar-refractivity contribution >= 4 is 20.9 Å². The number of para-hydroxylation sites is 1. The lowest BCUT2D eigenvalue weighted by atomic mass is 9.86. The van der Waals surface area contributed by atoms with Gasteiger partial charge >= 0.3 is 6.18 Å². The summed E-state index contributed by atoms with van der Waals surface area (Å²) < 4.78 is 64.6. The molecular weight excluding hydrogens is 353 g/mol. The highest BCUT2D eigenvalue weighted by molar-refractivity contribution is 7.90. The highest BCUT2D eigenvalue weighted by Crippen LogP contribution is 2.52. The van der Waals surface area contributed by atoms with Crippen LogP contribution in [0.25, 0.3) is 10.9 Å². The lowest BCUT2D eigenvalue weighted by Crippen LogP contribution is -2.53. The second kappa shape index (κ2) is 5.60. The summed E-state index contributed by atoms with van der Waals surface area (Å²) in [6, 6.07) is 11.7. The van der Waals surface area contributed by atoms with Crippen LogP contribution < -0.4 is 5.14 Å². The first-order valence-corrected chi connectivity index (χ1v) is 8.87. The van der Waals surface area contributed by atoms with E-state index in [-0.39, 0.29) is 10.9 Å². The monoisotopic (exact) mass is 368 g/mol. The van der Waals surface area contributed by atoms with Crippen molar-refractivity contribution < 1.29 is 21.6 Å². The lowest BCUT2D eigenvalue weighted by Gasteiger charge is -2.35. The Morgan fingerprint density at radius 1 is 0.960 bits per heavy atom. The van der Waals surface area contributed by atoms with Crippen molar-refractivity contribution in [1.82, 2.24) is 4.98 Å². The molecular formula is C17H15F3N2O2S. The molecule has 0 radical (unpaired) electrons. The van der Waals surface area contributed by atoms with Crippen LogP contribution in [-0.2, 0) is 14.8 Å². The first kappa shape index (κ1) is 17.5. The molecule has 0 bridgehead atoms. The van der Waals surface area contributed by atoms with Crippen molar-refractivity contribution in [2.24, 2.45) is 5.14 Å². The Labute approximate surface area is 142 Å². The van der Waals surface area contributed by atoms with Gasteiger partial charge in [-0.15, -0.1) is 0 Å². The van der Waals surface area contributed by atoms with Crippen LogP contribution in [0.5, 0.6) is 0 Å². The molecule has 0 saturated heterocycles. The van der Waals surface area contributed by atoms with Gasteiger partial charge in [0.25, 0.3) is 0 Å². The van der Waals surface area contributed by atoms with Crippen LogP contribution in [0.2, 0.25) is 0 Å². The summed E-state index contributed by atoms with van der Waals surface area (Å²) in [4.78, 5) is 2.71. The molecule has 1 unspecified atom stereocenters. The number of aryl methyl sites for hydroxylation is 1. The van der Waals surface area contributed by atoms with Crippen LogP contribution in [0.1, 0.15) is 16.7 Å². The van der Waals surface area contributed by atoms with Crippen molar-refractivity contribution in [1.29, 1.82) is 0 Å². The Bertz CT molecular complexity index is 1040. The fourth-order valence-electron chi connectivity index (χ4n) is 3.25. The number of H-pyrrole nitrogens is 1. The second-order valence-corrected chi connectivity index (χ2v) is 7.49. The zero-order valence-corrected chi connectivity index (χ0v) is 13.9. The highest BCUT2D eigenvalue weighted by Gasteiger charge is 2.66. The molecule has 0 spiro atoms. The minimum atomic E-state index is -5.17. The number of aromatic nitrogens is 1. The maximum Gasteiger partial charge on any atom is 0.417 e. The van der Waals surface area contributed by atoms with Crippen LogP contribution in [0, 0.1) is 6.92 Å². The standard InChI is InChI=1S/C17H15F3N2O2S/c1-11-6-2-4-8-13(11)16(17(18,19)20,25(21,23)24)14-10-22-15-9-5-3-7-12(14)15/h2-10,22H,1H3,(H2,21,23,24). The van der Waals surface area contributed by atoms with E-state index in [1.807, 2.05) is 0 Å². The van der Waals surface area contributed by atoms with E-state index in [0.717, 1.165) is 12.3 Å². The number of rotatable bonds is 3. The van der Waals surface area contributed by atoms with E-state index in [2.05, 4.69) is 4.98 Å². The van der Waals surface area contributed by atoms with Gasteiger partial charge < -0.3 is 4.98 Å². The summed E-state index contributed by atoms with van der Waals surface area (Å²) in [7, 11) is -5.12. The third-order valence-electron chi connectivity index (χ3n) is 4.32. The molecule has 3 aromatic rings. The molecule has 0 amide bonds. The van der Waals surface area contributed by atoms with E-state index in [4.69, 9.17) is 5.14 Å². The predicted molar refractivity (Wildman–Crippen MR) is 89.4 cm³/mol. The number of halogens is 3. The molecule has 1 atom stereocenters. The Morgan fingerprint density at radius 3 is 2.16 bits per heavy atom. The summed E-state index contributed by atoms with van der Waals surface area (Å²) in [6.45, 7) is 1.43. The first-order valence-electron chi connectivity index (χ1n) is 7.32. The molecule has 132 valence electrons. The lowest BCUT2D eigenvalue weighted by molar-refractivity contribution is -0.153. The number of nitrogens with one attached hydrogen (secondary N) is 1. The van der Waals surface area contributed by atoms with Gasteiger partial charge in [-0.05, 0) is 24.1 Å². The molecule has 1 aromatic heterocycles. The number of alkyl halides is 3. The van der Waals surface area contributed by atoms with Gasteiger partial charge in [0.2, 0.25) is 14.8 Å². The number of nitrogens with two attached hydrogens (primary N) is 1. The number of hydrogen-bond donors (Lipinski definition) is 2. The normalized spacial score (nSPS) is 15.2. The number of aromatic amines is 1. The fraction of sp³-hybridized carbons (Fsp3) is 0.176. The molecule has 0 aliphatic heterocycles. The Balaban J connectivity index is 2.56. The summed E-state index contributed by atoms with van der Waals surface area (Å²) in [5, 5.41) is 5.37. The summed E-state index contributed by atoms with van der Waals surface area (Å²) in [6.07, 6.45) is -4.10. The van der Waals surface area contributed by atoms with Crippen LogP contribution in [-0.4, -0.2) is 19.6 Å².